The van der Waals surface area contributed by atoms with Crippen molar-refractivity contribution < 1.29 is 0 Å². The van der Waals surface area contributed by atoms with Crippen LogP contribution < -0.4 is 0 Å². The number of halogens is 1. The Kier molecular flexibility index (Phi) is 9.00. The lowest BCUT2D eigenvalue weighted by Crippen LogP contribution is -2.35. The van der Waals surface area contributed by atoms with Gasteiger partial charge in [0.2, 0.25) is 0 Å². The first-order valence-electron chi connectivity index (χ1n) is 5.91. The largest absolute Gasteiger partial charge is 0.301 e. The second-order valence-corrected chi connectivity index (χ2v) is 5.20. The highest BCUT2D eigenvalue weighted by atomic mass is 79.9. The van der Waals surface area contributed by atoms with Gasteiger partial charge in [-0.3, -0.25) is 0 Å². The predicted molar refractivity (Wildman–Crippen MR) is 69.2 cm³/mol. The maximum Gasteiger partial charge on any atom is 0.00692 e. The van der Waals surface area contributed by atoms with Crippen molar-refractivity contribution in [3.05, 3.63) is 0 Å². The van der Waals surface area contributed by atoms with Gasteiger partial charge in [0.15, 0.2) is 0 Å². The molecule has 1 unspecified atom stereocenters. The van der Waals surface area contributed by atoms with Crippen molar-refractivity contribution in [3.8, 4) is 0 Å². The molecule has 1 nitrogen and oxygen atoms in total. The fourth-order valence-electron chi connectivity index (χ4n) is 1.57. The van der Waals surface area contributed by atoms with Gasteiger partial charge < -0.3 is 4.90 Å². The van der Waals surface area contributed by atoms with Crippen molar-refractivity contribution in [2.75, 3.05) is 18.4 Å². The summed E-state index contributed by atoms with van der Waals surface area (Å²) in [5, 5.41) is 1.12. The molecule has 0 saturated carbocycles. The Hall–Kier alpha value is 0.440. The zero-order chi connectivity index (χ0) is 11.0. The van der Waals surface area contributed by atoms with Crippen molar-refractivity contribution in [1.29, 1.82) is 0 Å². The maximum atomic E-state index is 3.55. The van der Waals surface area contributed by atoms with Gasteiger partial charge in [-0.2, -0.15) is 0 Å². The van der Waals surface area contributed by atoms with Gasteiger partial charge in [0.05, 0.1) is 0 Å². The summed E-state index contributed by atoms with van der Waals surface area (Å²) in [4.78, 5) is 2.60. The Bertz CT molecular complexity index is 125. The number of hydrogen-bond donors (Lipinski definition) is 0. The third-order valence-corrected chi connectivity index (χ3v) is 3.69. The van der Waals surface area contributed by atoms with Crippen LogP contribution in [0.5, 0.6) is 0 Å². The molecule has 0 fully saturated rings. The molecule has 0 aliphatic heterocycles. The summed E-state index contributed by atoms with van der Waals surface area (Å²) < 4.78 is 0. The molecule has 0 aromatic carbocycles. The van der Waals surface area contributed by atoms with Gasteiger partial charge in [-0.05, 0) is 32.7 Å². The molecule has 0 spiro atoms. The molecule has 14 heavy (non-hydrogen) atoms. The quantitative estimate of drug-likeness (QED) is 0.474. The highest BCUT2D eigenvalue weighted by Crippen LogP contribution is 2.09. The van der Waals surface area contributed by atoms with Crippen LogP contribution in [0, 0.1) is 5.92 Å². The van der Waals surface area contributed by atoms with E-state index in [0.717, 1.165) is 11.2 Å². The van der Waals surface area contributed by atoms with Crippen LogP contribution in [-0.4, -0.2) is 29.4 Å². The Morgan fingerprint density at radius 1 is 1.14 bits per heavy atom. The number of alkyl halides is 1. The van der Waals surface area contributed by atoms with Crippen LogP contribution in [0.3, 0.4) is 0 Å². The Labute approximate surface area is 98.4 Å². The average molecular weight is 264 g/mol. The summed E-state index contributed by atoms with van der Waals surface area (Å²) in [5.41, 5.74) is 0. The molecule has 0 rings (SSSR count). The molecule has 0 bridgehead atoms. The molecule has 0 aromatic rings. The third kappa shape index (κ3) is 6.83. The molecule has 0 aromatic heterocycles. The van der Waals surface area contributed by atoms with E-state index < -0.39 is 0 Å². The first-order chi connectivity index (χ1) is 6.61. The normalized spacial score (nSPS) is 13.9. The predicted octanol–water partition coefficient (Wildman–Crippen LogP) is 3.92. The lowest BCUT2D eigenvalue weighted by Gasteiger charge is -2.28. The van der Waals surface area contributed by atoms with Gasteiger partial charge in [0.1, 0.15) is 0 Å². The minimum absolute atomic E-state index is 0.688. The minimum atomic E-state index is 0.688. The summed E-state index contributed by atoms with van der Waals surface area (Å²) in [6.07, 6.45) is 4.04. The van der Waals surface area contributed by atoms with E-state index in [9.17, 15) is 0 Å². The molecular formula is C12H26BrN. The fraction of sp³-hybridized carbons (Fsp3) is 1.00. The Morgan fingerprint density at radius 3 is 2.21 bits per heavy atom. The van der Waals surface area contributed by atoms with E-state index in [1.807, 2.05) is 0 Å². The first-order valence-corrected chi connectivity index (χ1v) is 7.04. The summed E-state index contributed by atoms with van der Waals surface area (Å²) >= 11 is 3.55. The zero-order valence-corrected chi connectivity index (χ0v) is 11.8. The zero-order valence-electron chi connectivity index (χ0n) is 10.2. The summed E-state index contributed by atoms with van der Waals surface area (Å²) in [6, 6.07) is 0.688. The number of hydrogen-bond acceptors (Lipinski definition) is 1. The lowest BCUT2D eigenvalue weighted by atomic mass is 10.1. The van der Waals surface area contributed by atoms with Crippen LogP contribution >= 0.6 is 15.9 Å². The summed E-state index contributed by atoms with van der Waals surface area (Å²) in [5.74, 6) is 0.763. The smallest absolute Gasteiger partial charge is 0.00692 e. The molecule has 0 aliphatic carbocycles. The van der Waals surface area contributed by atoms with E-state index in [0.29, 0.717) is 6.04 Å². The van der Waals surface area contributed by atoms with Crippen LogP contribution in [0.1, 0.15) is 47.0 Å². The molecule has 2 heteroatoms. The standard InChI is InChI=1S/C12H26BrN/c1-5-6-7-8-14(11(2)3)10-12(4)9-13/h11-12H,5-10H2,1-4H3. The van der Waals surface area contributed by atoms with Gasteiger partial charge in [0.25, 0.3) is 0 Å². The van der Waals surface area contributed by atoms with E-state index in [1.54, 1.807) is 0 Å². The van der Waals surface area contributed by atoms with E-state index in [4.69, 9.17) is 0 Å². The van der Waals surface area contributed by atoms with Gasteiger partial charge in [0, 0.05) is 17.9 Å². The molecule has 0 amide bonds. The highest BCUT2D eigenvalue weighted by Gasteiger charge is 2.11. The van der Waals surface area contributed by atoms with Crippen LogP contribution in [0.4, 0.5) is 0 Å². The maximum absolute atomic E-state index is 3.55. The van der Waals surface area contributed by atoms with Crippen molar-refractivity contribution in [3.63, 3.8) is 0 Å². The monoisotopic (exact) mass is 263 g/mol. The van der Waals surface area contributed by atoms with Crippen molar-refractivity contribution in [2.45, 2.75) is 53.0 Å². The van der Waals surface area contributed by atoms with E-state index in [2.05, 4.69) is 48.5 Å². The topological polar surface area (TPSA) is 3.24 Å². The number of unbranched alkanes of at least 4 members (excludes halogenated alkanes) is 2. The van der Waals surface area contributed by atoms with Crippen LogP contribution in [0.15, 0.2) is 0 Å². The van der Waals surface area contributed by atoms with Crippen LogP contribution in [-0.2, 0) is 0 Å². The van der Waals surface area contributed by atoms with Crippen LogP contribution in [0.25, 0.3) is 0 Å². The second kappa shape index (κ2) is 8.72. The molecule has 0 heterocycles. The van der Waals surface area contributed by atoms with Gasteiger partial charge >= 0.3 is 0 Å². The van der Waals surface area contributed by atoms with E-state index in [-0.39, 0.29) is 0 Å². The SMILES string of the molecule is CCCCCN(CC(C)CBr)C(C)C. The molecule has 1 atom stereocenters. The molecular weight excluding hydrogens is 238 g/mol. The highest BCUT2D eigenvalue weighted by molar-refractivity contribution is 9.09. The van der Waals surface area contributed by atoms with Gasteiger partial charge in [-0.1, -0.05) is 42.6 Å². The number of rotatable bonds is 8. The average Bonchev–Trinajstić information content (AvgIpc) is 2.16. The Morgan fingerprint density at radius 2 is 1.79 bits per heavy atom. The fourth-order valence-corrected chi connectivity index (χ4v) is 1.78. The molecule has 0 aliphatic rings. The molecule has 0 N–H and O–H groups in total. The van der Waals surface area contributed by atoms with E-state index >= 15 is 0 Å². The first kappa shape index (κ1) is 14.4. The summed E-state index contributed by atoms with van der Waals surface area (Å²) in [6.45, 7) is 11.7. The van der Waals surface area contributed by atoms with Crippen molar-refractivity contribution in [1.82, 2.24) is 4.90 Å². The van der Waals surface area contributed by atoms with E-state index in [1.165, 1.54) is 32.4 Å². The van der Waals surface area contributed by atoms with Crippen LogP contribution in [0.2, 0.25) is 0 Å². The minimum Gasteiger partial charge on any atom is -0.301 e. The second-order valence-electron chi connectivity index (χ2n) is 4.56. The summed E-state index contributed by atoms with van der Waals surface area (Å²) in [7, 11) is 0. The van der Waals surface area contributed by atoms with Crippen molar-refractivity contribution >= 4 is 15.9 Å². The van der Waals surface area contributed by atoms with Crippen molar-refractivity contribution in [2.24, 2.45) is 5.92 Å². The molecule has 0 saturated heterocycles. The third-order valence-electron chi connectivity index (χ3n) is 2.59. The number of nitrogens with zero attached hydrogens (tertiary/aromatic N) is 1. The van der Waals surface area contributed by atoms with Gasteiger partial charge in [-0.15, -0.1) is 0 Å². The molecule has 0 radical (unpaired) electrons. The Balaban J connectivity index is 3.77. The van der Waals surface area contributed by atoms with Gasteiger partial charge in [-0.25, -0.2) is 0 Å². The molecule has 86 valence electrons. The lowest BCUT2D eigenvalue weighted by molar-refractivity contribution is 0.195.